The quantitative estimate of drug-likeness (QED) is 0.676. The van der Waals surface area contributed by atoms with Crippen molar-refractivity contribution in [2.75, 3.05) is 5.73 Å². The molecule has 2 rings (SSSR count). The number of allylic oxidation sites excluding steroid dienone is 3. The van der Waals surface area contributed by atoms with Crippen molar-refractivity contribution in [2.45, 2.75) is 6.42 Å². The fraction of sp³-hybridized carbons (Fsp3) is 0.100. The first-order valence-electron chi connectivity index (χ1n) is 3.89. The highest BCUT2D eigenvalue weighted by molar-refractivity contribution is 5.80. The average Bonchev–Trinajstić information content (AvgIpc) is 2.49. The lowest BCUT2D eigenvalue weighted by atomic mass is 10.1. The minimum Gasteiger partial charge on any atom is -0.398 e. The van der Waals surface area contributed by atoms with Crippen LogP contribution >= 0.6 is 0 Å². The number of nitrogen functional groups attached to an aromatic ring is 1. The molecule has 1 aliphatic rings. The van der Waals surface area contributed by atoms with Crippen LogP contribution in [0.15, 0.2) is 31.0 Å². The van der Waals surface area contributed by atoms with Crippen molar-refractivity contribution < 1.29 is 0 Å². The molecule has 2 N–H and O–H groups in total. The molecule has 1 aromatic rings. The predicted molar refractivity (Wildman–Crippen MR) is 50.5 cm³/mol. The van der Waals surface area contributed by atoms with Crippen LogP contribution in [0.2, 0.25) is 0 Å². The van der Waals surface area contributed by atoms with E-state index in [1.54, 1.807) is 6.20 Å². The summed E-state index contributed by atoms with van der Waals surface area (Å²) in [6.07, 6.45) is 6.53. The Morgan fingerprint density at radius 3 is 3.17 bits per heavy atom. The van der Waals surface area contributed by atoms with Crippen molar-refractivity contribution in [3.8, 4) is 0 Å². The van der Waals surface area contributed by atoms with Gasteiger partial charge in [0.05, 0.1) is 5.69 Å². The molecule has 0 saturated carbocycles. The molecule has 0 unspecified atom stereocenters. The summed E-state index contributed by atoms with van der Waals surface area (Å²) in [6, 6.07) is 1.83. The highest BCUT2D eigenvalue weighted by Crippen LogP contribution is 2.29. The summed E-state index contributed by atoms with van der Waals surface area (Å²) in [7, 11) is 0. The highest BCUT2D eigenvalue weighted by Gasteiger charge is 2.14. The molecule has 12 heavy (non-hydrogen) atoms. The van der Waals surface area contributed by atoms with E-state index in [2.05, 4.69) is 17.6 Å². The number of fused-ring (bicyclic) bond motifs is 1. The minimum absolute atomic E-state index is 0.827. The second-order valence-corrected chi connectivity index (χ2v) is 2.80. The molecule has 0 saturated heterocycles. The van der Waals surface area contributed by atoms with Crippen molar-refractivity contribution in [3.63, 3.8) is 0 Å². The molecule has 1 aliphatic carbocycles. The smallest absolute Gasteiger partial charge is 0.0754 e. The normalized spacial score (nSPS) is 13.8. The van der Waals surface area contributed by atoms with Gasteiger partial charge in [0.15, 0.2) is 0 Å². The summed E-state index contributed by atoms with van der Waals surface area (Å²) in [5.41, 5.74) is 9.83. The van der Waals surface area contributed by atoms with Gasteiger partial charge >= 0.3 is 0 Å². The second kappa shape index (κ2) is 2.48. The summed E-state index contributed by atoms with van der Waals surface area (Å²) in [5, 5.41) is 0. The molecule has 0 bridgehead atoms. The summed E-state index contributed by atoms with van der Waals surface area (Å²) in [6.45, 7) is 3.72. The molecule has 1 aromatic heterocycles. The number of hydrogen-bond acceptors (Lipinski definition) is 2. The third kappa shape index (κ3) is 0.848. The summed E-state index contributed by atoms with van der Waals surface area (Å²) < 4.78 is 0. The third-order valence-electron chi connectivity index (χ3n) is 2.11. The molecule has 0 fully saturated rings. The topological polar surface area (TPSA) is 38.9 Å². The molecule has 0 amide bonds. The van der Waals surface area contributed by atoms with Gasteiger partial charge in [-0.1, -0.05) is 18.7 Å². The second-order valence-electron chi connectivity index (χ2n) is 2.80. The van der Waals surface area contributed by atoms with Gasteiger partial charge in [-0.05, 0) is 18.1 Å². The van der Waals surface area contributed by atoms with Crippen molar-refractivity contribution >= 4 is 11.3 Å². The maximum atomic E-state index is 5.78. The van der Waals surface area contributed by atoms with E-state index in [1.165, 1.54) is 0 Å². The van der Waals surface area contributed by atoms with Gasteiger partial charge in [0, 0.05) is 17.4 Å². The zero-order chi connectivity index (χ0) is 8.55. The first kappa shape index (κ1) is 7.10. The lowest BCUT2D eigenvalue weighted by Crippen LogP contribution is -1.95. The SMILES string of the molecule is C=CC1=CCc2c(N)ccnc21. The Balaban J connectivity index is 2.60. The van der Waals surface area contributed by atoms with Crippen molar-refractivity contribution in [1.82, 2.24) is 4.98 Å². The van der Waals surface area contributed by atoms with E-state index in [4.69, 9.17) is 5.73 Å². The zero-order valence-corrected chi connectivity index (χ0v) is 6.75. The van der Waals surface area contributed by atoms with Crippen LogP contribution in [0.1, 0.15) is 11.3 Å². The van der Waals surface area contributed by atoms with E-state index < -0.39 is 0 Å². The monoisotopic (exact) mass is 158 g/mol. The Morgan fingerprint density at radius 1 is 1.58 bits per heavy atom. The van der Waals surface area contributed by atoms with Crippen LogP contribution in [0.3, 0.4) is 0 Å². The average molecular weight is 158 g/mol. The molecule has 0 radical (unpaired) electrons. The molecule has 60 valence electrons. The highest BCUT2D eigenvalue weighted by atomic mass is 14.7. The minimum atomic E-state index is 0.827. The van der Waals surface area contributed by atoms with Crippen LogP contribution in [-0.2, 0) is 6.42 Å². The number of nitrogens with zero attached hydrogens (tertiary/aromatic N) is 1. The van der Waals surface area contributed by atoms with Gasteiger partial charge in [0.25, 0.3) is 0 Å². The van der Waals surface area contributed by atoms with E-state index >= 15 is 0 Å². The number of pyridine rings is 1. The van der Waals surface area contributed by atoms with Gasteiger partial charge in [-0.2, -0.15) is 0 Å². The number of hydrogen-bond donors (Lipinski definition) is 1. The lowest BCUT2D eigenvalue weighted by Gasteiger charge is -2.02. The largest absolute Gasteiger partial charge is 0.398 e. The molecular weight excluding hydrogens is 148 g/mol. The first-order valence-corrected chi connectivity index (χ1v) is 3.89. The van der Waals surface area contributed by atoms with Crippen LogP contribution in [0.25, 0.3) is 5.57 Å². The summed E-state index contributed by atoms with van der Waals surface area (Å²) in [5.74, 6) is 0. The summed E-state index contributed by atoms with van der Waals surface area (Å²) >= 11 is 0. The van der Waals surface area contributed by atoms with Gasteiger partial charge in [-0.15, -0.1) is 0 Å². The Hall–Kier alpha value is -1.57. The Bertz CT molecular complexity index is 364. The van der Waals surface area contributed by atoms with Gasteiger partial charge in [0.2, 0.25) is 0 Å². The molecular formula is C10H10N2. The van der Waals surface area contributed by atoms with Crippen LogP contribution in [-0.4, -0.2) is 4.98 Å². The number of nitrogens with two attached hydrogens (primary N) is 1. The zero-order valence-electron chi connectivity index (χ0n) is 6.75. The Morgan fingerprint density at radius 2 is 2.42 bits per heavy atom. The number of anilines is 1. The molecule has 0 aliphatic heterocycles. The van der Waals surface area contributed by atoms with Crippen LogP contribution in [0, 0.1) is 0 Å². The van der Waals surface area contributed by atoms with E-state index in [-0.39, 0.29) is 0 Å². The van der Waals surface area contributed by atoms with E-state index in [9.17, 15) is 0 Å². The van der Waals surface area contributed by atoms with Gasteiger partial charge in [0.1, 0.15) is 0 Å². The molecule has 0 atom stereocenters. The van der Waals surface area contributed by atoms with Crippen LogP contribution in [0.4, 0.5) is 5.69 Å². The molecule has 1 heterocycles. The van der Waals surface area contributed by atoms with Crippen molar-refractivity contribution in [2.24, 2.45) is 0 Å². The van der Waals surface area contributed by atoms with Crippen LogP contribution in [0.5, 0.6) is 0 Å². The van der Waals surface area contributed by atoms with Gasteiger partial charge in [-0.3, -0.25) is 4.98 Å². The molecule has 2 heteroatoms. The molecule has 0 aromatic carbocycles. The molecule has 0 spiro atoms. The van der Waals surface area contributed by atoms with Crippen molar-refractivity contribution in [3.05, 3.63) is 42.3 Å². The maximum absolute atomic E-state index is 5.78. The third-order valence-corrected chi connectivity index (χ3v) is 2.11. The predicted octanol–water partition coefficient (Wildman–Crippen LogP) is 1.79. The van der Waals surface area contributed by atoms with E-state index in [1.807, 2.05) is 12.1 Å². The Labute approximate surface area is 71.4 Å². The summed E-state index contributed by atoms with van der Waals surface area (Å²) in [4.78, 5) is 4.25. The first-order chi connectivity index (χ1) is 5.83. The van der Waals surface area contributed by atoms with Crippen LogP contribution < -0.4 is 5.73 Å². The van der Waals surface area contributed by atoms with Crippen molar-refractivity contribution in [1.29, 1.82) is 0 Å². The lowest BCUT2D eigenvalue weighted by molar-refractivity contribution is 1.21. The Kier molecular flexibility index (Phi) is 1.47. The molecule has 2 nitrogen and oxygen atoms in total. The van der Waals surface area contributed by atoms with E-state index in [0.717, 1.165) is 28.9 Å². The maximum Gasteiger partial charge on any atom is 0.0754 e. The van der Waals surface area contributed by atoms with Gasteiger partial charge < -0.3 is 5.73 Å². The standard InChI is InChI=1S/C10H10N2/c1-2-7-3-4-8-9(11)5-6-12-10(7)8/h2-3,5-6H,1,4H2,(H2,11,12). The number of aromatic nitrogens is 1. The fourth-order valence-corrected chi connectivity index (χ4v) is 1.46. The fourth-order valence-electron chi connectivity index (χ4n) is 1.46. The number of rotatable bonds is 1. The van der Waals surface area contributed by atoms with Gasteiger partial charge in [-0.25, -0.2) is 0 Å². The van der Waals surface area contributed by atoms with E-state index in [0.29, 0.717) is 0 Å².